The number of rotatable bonds is 4. The molecule has 0 fully saturated rings. The van der Waals surface area contributed by atoms with Crippen LogP contribution in [-0.2, 0) is 0 Å². The molecular weight excluding hydrogens is 384 g/mol. The van der Waals surface area contributed by atoms with E-state index in [4.69, 9.17) is 16.3 Å². The quantitative estimate of drug-likeness (QED) is 0.239. The molecule has 0 atom stereocenters. The molecule has 0 saturated carbocycles. The Balaban J connectivity index is 1.75. The third-order valence-corrected chi connectivity index (χ3v) is 4.08. The Morgan fingerprint density at radius 3 is 2.18 bits per heavy atom. The van der Waals surface area contributed by atoms with Gasteiger partial charge in [0.05, 0.1) is 17.2 Å². The smallest absolute Gasteiger partial charge is 0.343 e. The summed E-state index contributed by atoms with van der Waals surface area (Å²) in [7, 11) is 0. The van der Waals surface area contributed by atoms with Crippen molar-refractivity contribution in [1.29, 1.82) is 5.26 Å². The molecule has 3 aromatic rings. The molecule has 0 radical (unpaired) electrons. The van der Waals surface area contributed by atoms with Gasteiger partial charge in [-0.15, -0.1) is 0 Å². The number of benzene rings is 3. The van der Waals surface area contributed by atoms with Crippen molar-refractivity contribution >= 4 is 29.2 Å². The molecule has 3 aromatic carbocycles. The van der Waals surface area contributed by atoms with Crippen LogP contribution in [0.3, 0.4) is 0 Å². The lowest BCUT2D eigenvalue weighted by Gasteiger charge is -2.05. The van der Waals surface area contributed by atoms with E-state index >= 15 is 0 Å². The Labute approximate surface area is 165 Å². The summed E-state index contributed by atoms with van der Waals surface area (Å²) in [5.74, 6) is -2.74. The SMILES string of the molecule is N#C/C(=C/c1ccc(OC(=O)c2ccc(F)c(F)c2)cc1)c1ccc(Cl)cc1. The van der Waals surface area contributed by atoms with Gasteiger partial charge in [-0.3, -0.25) is 0 Å². The zero-order valence-electron chi connectivity index (χ0n) is 14.3. The molecule has 0 bridgehead atoms. The van der Waals surface area contributed by atoms with Gasteiger partial charge in [0.25, 0.3) is 0 Å². The van der Waals surface area contributed by atoms with Gasteiger partial charge in [-0.05, 0) is 59.7 Å². The van der Waals surface area contributed by atoms with Gasteiger partial charge in [0, 0.05) is 5.02 Å². The molecule has 6 heteroatoms. The molecule has 138 valence electrons. The first-order valence-corrected chi connectivity index (χ1v) is 8.49. The number of allylic oxidation sites excluding steroid dienone is 1. The maximum Gasteiger partial charge on any atom is 0.343 e. The van der Waals surface area contributed by atoms with Crippen LogP contribution in [0, 0.1) is 23.0 Å². The number of esters is 1. The molecule has 0 aliphatic carbocycles. The van der Waals surface area contributed by atoms with E-state index in [0.29, 0.717) is 10.6 Å². The third kappa shape index (κ3) is 4.61. The maximum absolute atomic E-state index is 13.2. The largest absolute Gasteiger partial charge is 0.423 e. The van der Waals surface area contributed by atoms with Crippen molar-refractivity contribution < 1.29 is 18.3 Å². The summed E-state index contributed by atoms with van der Waals surface area (Å²) in [5.41, 5.74) is 1.79. The van der Waals surface area contributed by atoms with Gasteiger partial charge in [0.1, 0.15) is 5.75 Å². The van der Waals surface area contributed by atoms with Gasteiger partial charge in [0.15, 0.2) is 11.6 Å². The molecule has 0 saturated heterocycles. The monoisotopic (exact) mass is 395 g/mol. The topological polar surface area (TPSA) is 50.1 Å². The van der Waals surface area contributed by atoms with Gasteiger partial charge in [-0.25, -0.2) is 13.6 Å². The highest BCUT2D eigenvalue weighted by Gasteiger charge is 2.12. The number of ether oxygens (including phenoxy) is 1. The lowest BCUT2D eigenvalue weighted by atomic mass is 10.0. The zero-order chi connectivity index (χ0) is 20.1. The van der Waals surface area contributed by atoms with Crippen LogP contribution in [0.1, 0.15) is 21.5 Å². The molecule has 0 unspecified atom stereocenters. The van der Waals surface area contributed by atoms with Crippen LogP contribution in [0.15, 0.2) is 66.7 Å². The fourth-order valence-corrected chi connectivity index (χ4v) is 2.52. The van der Waals surface area contributed by atoms with Crippen LogP contribution in [0.25, 0.3) is 11.6 Å². The first-order chi connectivity index (χ1) is 13.5. The summed E-state index contributed by atoms with van der Waals surface area (Å²) >= 11 is 5.86. The normalized spacial score (nSPS) is 11.0. The van der Waals surface area contributed by atoms with Gasteiger partial charge in [-0.1, -0.05) is 35.9 Å². The van der Waals surface area contributed by atoms with Crippen molar-refractivity contribution in [2.75, 3.05) is 0 Å². The number of carbonyl (C=O) groups is 1. The average Bonchev–Trinajstić information content (AvgIpc) is 2.70. The summed E-state index contributed by atoms with van der Waals surface area (Å²) in [4.78, 5) is 12.0. The van der Waals surface area contributed by atoms with Crippen LogP contribution in [0.4, 0.5) is 8.78 Å². The van der Waals surface area contributed by atoms with Gasteiger partial charge < -0.3 is 4.74 Å². The molecule has 0 heterocycles. The van der Waals surface area contributed by atoms with Crippen molar-refractivity contribution in [1.82, 2.24) is 0 Å². The lowest BCUT2D eigenvalue weighted by molar-refractivity contribution is 0.0734. The number of hydrogen-bond donors (Lipinski definition) is 0. The van der Waals surface area contributed by atoms with Gasteiger partial charge in [0.2, 0.25) is 0 Å². The molecule has 0 aliphatic heterocycles. The van der Waals surface area contributed by atoms with Crippen molar-refractivity contribution in [2.45, 2.75) is 0 Å². The van der Waals surface area contributed by atoms with E-state index in [1.165, 1.54) is 0 Å². The van der Waals surface area contributed by atoms with Crippen molar-refractivity contribution in [3.05, 3.63) is 100 Å². The summed E-state index contributed by atoms with van der Waals surface area (Å²) < 4.78 is 31.3. The molecule has 0 aliphatic rings. The molecular formula is C22H12ClF2NO2. The van der Waals surface area contributed by atoms with Crippen LogP contribution >= 0.6 is 11.6 Å². The van der Waals surface area contributed by atoms with Crippen molar-refractivity contribution in [2.24, 2.45) is 0 Å². The van der Waals surface area contributed by atoms with E-state index < -0.39 is 17.6 Å². The van der Waals surface area contributed by atoms with Gasteiger partial charge >= 0.3 is 5.97 Å². The van der Waals surface area contributed by atoms with Crippen LogP contribution < -0.4 is 4.74 Å². The average molecular weight is 396 g/mol. The first-order valence-electron chi connectivity index (χ1n) is 8.11. The predicted molar refractivity (Wildman–Crippen MR) is 103 cm³/mol. The van der Waals surface area contributed by atoms with Crippen LogP contribution in [0.5, 0.6) is 5.75 Å². The number of nitrogens with zero attached hydrogens (tertiary/aromatic N) is 1. The minimum Gasteiger partial charge on any atom is -0.423 e. The molecule has 0 spiro atoms. The summed E-state index contributed by atoms with van der Waals surface area (Å²) in [6.07, 6.45) is 1.68. The molecule has 3 rings (SSSR count). The fourth-order valence-electron chi connectivity index (χ4n) is 2.40. The van der Waals surface area contributed by atoms with E-state index in [9.17, 15) is 18.8 Å². The summed E-state index contributed by atoms with van der Waals surface area (Å²) in [5, 5.41) is 9.95. The standard InChI is InChI=1S/C22H12ClF2NO2/c23-18-6-3-15(4-7-18)17(13-26)11-14-1-8-19(9-2-14)28-22(27)16-5-10-20(24)21(25)12-16/h1-12H/b17-11-. The van der Waals surface area contributed by atoms with E-state index in [1.807, 2.05) is 0 Å². The molecule has 3 nitrogen and oxygen atoms in total. The van der Waals surface area contributed by atoms with Crippen molar-refractivity contribution in [3.8, 4) is 11.8 Å². The highest BCUT2D eigenvalue weighted by molar-refractivity contribution is 6.30. The molecule has 0 aromatic heterocycles. The number of hydrogen-bond acceptors (Lipinski definition) is 3. The molecule has 0 amide bonds. The number of nitriles is 1. The predicted octanol–water partition coefficient (Wildman–Crippen LogP) is 5.90. The summed E-state index contributed by atoms with van der Waals surface area (Å²) in [6, 6.07) is 18.2. The Morgan fingerprint density at radius 2 is 1.57 bits per heavy atom. The van der Waals surface area contributed by atoms with Crippen LogP contribution in [-0.4, -0.2) is 5.97 Å². The maximum atomic E-state index is 13.2. The first kappa shape index (κ1) is 19.3. The Kier molecular flexibility index (Phi) is 5.83. The lowest BCUT2D eigenvalue weighted by Crippen LogP contribution is -2.09. The summed E-state index contributed by atoms with van der Waals surface area (Å²) in [6.45, 7) is 0. The zero-order valence-corrected chi connectivity index (χ0v) is 15.1. The fraction of sp³-hybridized carbons (Fsp3) is 0. The minimum atomic E-state index is -1.12. The highest BCUT2D eigenvalue weighted by atomic mass is 35.5. The second-order valence-corrected chi connectivity index (χ2v) is 6.20. The van der Waals surface area contributed by atoms with Crippen molar-refractivity contribution in [3.63, 3.8) is 0 Å². The van der Waals surface area contributed by atoms with E-state index in [-0.39, 0.29) is 11.3 Å². The van der Waals surface area contributed by atoms with Gasteiger partial charge in [-0.2, -0.15) is 5.26 Å². The highest BCUT2D eigenvalue weighted by Crippen LogP contribution is 2.22. The van der Waals surface area contributed by atoms with E-state index in [2.05, 4.69) is 6.07 Å². The Hall–Kier alpha value is -3.49. The minimum absolute atomic E-state index is 0.0997. The van der Waals surface area contributed by atoms with E-state index in [1.54, 1.807) is 54.6 Å². The third-order valence-electron chi connectivity index (χ3n) is 3.83. The number of halogens is 3. The van der Waals surface area contributed by atoms with Crippen LogP contribution in [0.2, 0.25) is 5.02 Å². The second kappa shape index (κ2) is 8.47. The molecule has 0 N–H and O–H groups in total. The number of carbonyl (C=O) groups excluding carboxylic acids is 1. The van der Waals surface area contributed by atoms with E-state index in [0.717, 1.165) is 29.3 Å². The second-order valence-electron chi connectivity index (χ2n) is 5.76. The Morgan fingerprint density at radius 1 is 0.929 bits per heavy atom. The molecule has 28 heavy (non-hydrogen) atoms. The Bertz CT molecular complexity index is 1090.